The summed E-state index contributed by atoms with van der Waals surface area (Å²) in [5, 5.41) is 27.0. The molecule has 4 heteroatoms. The molecule has 0 aromatic heterocycles. The molecule has 12 heavy (non-hydrogen) atoms. The maximum Gasteiger partial charge on any atom is 0.110 e. The Kier molecular flexibility index (Phi) is 5.41. The van der Waals surface area contributed by atoms with Crippen LogP contribution < -0.4 is 0 Å². The molecule has 4 atom stereocenters. The van der Waals surface area contributed by atoms with Crippen molar-refractivity contribution in [3.05, 3.63) is 0 Å². The Balaban J connectivity index is 0.000000561. The van der Waals surface area contributed by atoms with Crippen molar-refractivity contribution in [1.82, 2.24) is 0 Å². The monoisotopic (exact) mass is 178 g/mol. The predicted octanol–water partition coefficient (Wildman–Crippen LogP) is -0.486. The number of hydrogen-bond acceptors (Lipinski definition) is 4. The van der Waals surface area contributed by atoms with E-state index in [1.165, 1.54) is 0 Å². The zero-order chi connectivity index (χ0) is 9.72. The van der Waals surface area contributed by atoms with Crippen LogP contribution in [-0.2, 0) is 4.74 Å². The Labute approximate surface area is 72.8 Å². The van der Waals surface area contributed by atoms with Crippen LogP contribution in [0.4, 0.5) is 0 Å². The van der Waals surface area contributed by atoms with Gasteiger partial charge in [0.05, 0.1) is 12.7 Å². The van der Waals surface area contributed by atoms with Crippen molar-refractivity contribution in [2.24, 2.45) is 0 Å². The summed E-state index contributed by atoms with van der Waals surface area (Å²) in [6, 6.07) is 0. The van der Waals surface area contributed by atoms with Gasteiger partial charge in [-0.15, -0.1) is 0 Å². The molecular formula is C8H18O4. The van der Waals surface area contributed by atoms with Crippen LogP contribution in [0.15, 0.2) is 0 Å². The minimum absolute atomic E-state index is 0.0966. The number of aliphatic hydroxyl groups is 3. The number of ether oxygens (including phenoxy) is 1. The van der Waals surface area contributed by atoms with E-state index in [0.29, 0.717) is 0 Å². The Morgan fingerprint density at radius 2 is 1.58 bits per heavy atom. The van der Waals surface area contributed by atoms with Gasteiger partial charge in [0.15, 0.2) is 0 Å². The Hall–Kier alpha value is -0.160. The van der Waals surface area contributed by atoms with Gasteiger partial charge in [-0.1, -0.05) is 13.8 Å². The van der Waals surface area contributed by atoms with Crippen molar-refractivity contribution in [2.45, 2.75) is 45.2 Å². The molecule has 1 aliphatic heterocycles. The van der Waals surface area contributed by atoms with Gasteiger partial charge in [0, 0.05) is 0 Å². The fourth-order valence-corrected chi connectivity index (χ4v) is 0.953. The molecule has 0 radical (unpaired) electrons. The van der Waals surface area contributed by atoms with Gasteiger partial charge in [-0.05, 0) is 6.92 Å². The first-order chi connectivity index (χ1) is 5.63. The minimum Gasteiger partial charge on any atom is -0.388 e. The number of rotatable bonds is 0. The summed E-state index contributed by atoms with van der Waals surface area (Å²) in [6.07, 6.45) is -3.38. The molecule has 3 N–H and O–H groups in total. The highest BCUT2D eigenvalue weighted by Crippen LogP contribution is 2.14. The first-order valence-corrected chi connectivity index (χ1v) is 4.28. The predicted molar refractivity (Wildman–Crippen MR) is 44.8 cm³/mol. The van der Waals surface area contributed by atoms with Gasteiger partial charge in [0.25, 0.3) is 0 Å². The van der Waals surface area contributed by atoms with Gasteiger partial charge >= 0.3 is 0 Å². The molecule has 1 heterocycles. The topological polar surface area (TPSA) is 69.9 Å². The standard InChI is InChI=1S/C6H12O4.C2H6/c1-3-5(8)6(9)4(7)2-10-3;1-2/h3-9H,2H2,1H3;1-2H3/t3?,4?,5?,6-;/m0./s1. The quantitative estimate of drug-likeness (QED) is 0.468. The SMILES string of the molecule is CC.CC1OCC(O)[C@H](O)C1O. The van der Waals surface area contributed by atoms with Crippen LogP contribution >= 0.6 is 0 Å². The molecule has 1 aliphatic rings. The first kappa shape index (κ1) is 11.8. The summed E-state index contributed by atoms with van der Waals surface area (Å²) in [5.74, 6) is 0. The van der Waals surface area contributed by atoms with Gasteiger partial charge in [-0.25, -0.2) is 0 Å². The number of aliphatic hydroxyl groups excluding tert-OH is 3. The van der Waals surface area contributed by atoms with E-state index in [0.717, 1.165) is 0 Å². The summed E-state index contributed by atoms with van der Waals surface area (Å²) < 4.78 is 4.91. The second kappa shape index (κ2) is 5.48. The average molecular weight is 178 g/mol. The summed E-state index contributed by atoms with van der Waals surface area (Å²) >= 11 is 0. The second-order valence-corrected chi connectivity index (χ2v) is 2.59. The van der Waals surface area contributed by atoms with Crippen LogP contribution in [0.5, 0.6) is 0 Å². The maximum atomic E-state index is 9.08. The molecule has 0 spiro atoms. The molecule has 74 valence electrons. The lowest BCUT2D eigenvalue weighted by molar-refractivity contribution is -0.181. The second-order valence-electron chi connectivity index (χ2n) is 2.59. The van der Waals surface area contributed by atoms with Gasteiger partial charge in [-0.3, -0.25) is 0 Å². The lowest BCUT2D eigenvalue weighted by Gasteiger charge is -2.33. The zero-order valence-corrected chi connectivity index (χ0v) is 7.77. The van der Waals surface area contributed by atoms with E-state index in [2.05, 4.69) is 0 Å². The highest BCUT2D eigenvalue weighted by atomic mass is 16.5. The fourth-order valence-electron chi connectivity index (χ4n) is 0.953. The van der Waals surface area contributed by atoms with E-state index in [9.17, 15) is 0 Å². The molecule has 4 nitrogen and oxygen atoms in total. The molecule has 1 fully saturated rings. The van der Waals surface area contributed by atoms with Crippen molar-refractivity contribution in [2.75, 3.05) is 6.61 Å². The normalized spacial score (nSPS) is 41.5. The van der Waals surface area contributed by atoms with Crippen LogP contribution in [0.2, 0.25) is 0 Å². The Bertz CT molecular complexity index is 104. The van der Waals surface area contributed by atoms with Crippen LogP contribution in [0, 0.1) is 0 Å². The molecule has 0 saturated carbocycles. The number of hydrogen-bond donors (Lipinski definition) is 3. The van der Waals surface area contributed by atoms with Gasteiger partial charge in [0.1, 0.15) is 18.3 Å². The molecule has 1 saturated heterocycles. The van der Waals surface area contributed by atoms with E-state index in [4.69, 9.17) is 20.1 Å². The van der Waals surface area contributed by atoms with Crippen molar-refractivity contribution in [1.29, 1.82) is 0 Å². The van der Waals surface area contributed by atoms with Crippen LogP contribution in [0.25, 0.3) is 0 Å². The average Bonchev–Trinajstić information content (AvgIpc) is 2.12. The summed E-state index contributed by atoms with van der Waals surface area (Å²) in [6.45, 7) is 5.75. The van der Waals surface area contributed by atoms with Crippen LogP contribution in [0.3, 0.4) is 0 Å². The summed E-state index contributed by atoms with van der Waals surface area (Å²) in [5.41, 5.74) is 0. The van der Waals surface area contributed by atoms with E-state index >= 15 is 0 Å². The third kappa shape index (κ3) is 2.71. The van der Waals surface area contributed by atoms with E-state index < -0.39 is 24.4 Å². The molecule has 0 aromatic rings. The molecule has 0 bridgehead atoms. The van der Waals surface area contributed by atoms with Crippen molar-refractivity contribution in [3.63, 3.8) is 0 Å². The van der Waals surface area contributed by atoms with E-state index in [1.807, 2.05) is 13.8 Å². The smallest absolute Gasteiger partial charge is 0.110 e. The summed E-state index contributed by atoms with van der Waals surface area (Å²) in [7, 11) is 0. The van der Waals surface area contributed by atoms with E-state index in [-0.39, 0.29) is 6.61 Å². The largest absolute Gasteiger partial charge is 0.388 e. The lowest BCUT2D eigenvalue weighted by atomic mass is 10.0. The molecule has 0 aliphatic carbocycles. The third-order valence-corrected chi connectivity index (χ3v) is 1.75. The zero-order valence-electron chi connectivity index (χ0n) is 7.77. The Morgan fingerprint density at radius 1 is 1.08 bits per heavy atom. The van der Waals surface area contributed by atoms with Gasteiger partial charge in [0.2, 0.25) is 0 Å². The third-order valence-electron chi connectivity index (χ3n) is 1.75. The van der Waals surface area contributed by atoms with E-state index in [1.54, 1.807) is 6.92 Å². The molecule has 0 amide bonds. The van der Waals surface area contributed by atoms with Crippen molar-refractivity contribution < 1.29 is 20.1 Å². The van der Waals surface area contributed by atoms with Crippen LogP contribution in [-0.4, -0.2) is 46.3 Å². The fraction of sp³-hybridized carbons (Fsp3) is 1.00. The lowest BCUT2D eigenvalue weighted by Crippen LogP contribution is -2.51. The van der Waals surface area contributed by atoms with Crippen molar-refractivity contribution in [3.8, 4) is 0 Å². The Morgan fingerprint density at radius 3 is 2.00 bits per heavy atom. The van der Waals surface area contributed by atoms with Gasteiger partial charge in [-0.2, -0.15) is 0 Å². The molecule has 1 rings (SSSR count). The molecule has 0 aromatic carbocycles. The molecular weight excluding hydrogens is 160 g/mol. The highest BCUT2D eigenvalue weighted by Gasteiger charge is 2.34. The molecule has 3 unspecified atom stereocenters. The minimum atomic E-state index is -1.07. The summed E-state index contributed by atoms with van der Waals surface area (Å²) in [4.78, 5) is 0. The van der Waals surface area contributed by atoms with Gasteiger partial charge < -0.3 is 20.1 Å². The maximum absolute atomic E-state index is 9.08. The highest BCUT2D eigenvalue weighted by molar-refractivity contribution is 4.83. The first-order valence-electron chi connectivity index (χ1n) is 4.28. The van der Waals surface area contributed by atoms with Crippen molar-refractivity contribution >= 4 is 0 Å². The van der Waals surface area contributed by atoms with Crippen LogP contribution in [0.1, 0.15) is 20.8 Å².